The molecule has 0 saturated carbocycles. The van der Waals surface area contributed by atoms with Gasteiger partial charge >= 0.3 is 5.97 Å². The van der Waals surface area contributed by atoms with Crippen molar-refractivity contribution in [3.8, 4) is 11.5 Å². The summed E-state index contributed by atoms with van der Waals surface area (Å²) >= 11 is 0.979. The predicted molar refractivity (Wildman–Crippen MR) is 216 cm³/mol. The lowest BCUT2D eigenvalue weighted by Gasteiger charge is -2.46. The Labute approximate surface area is 337 Å². The lowest BCUT2D eigenvalue weighted by Crippen LogP contribution is -2.52. The van der Waals surface area contributed by atoms with E-state index < -0.39 is 81.8 Å². The molecular weight excluding hydrogens is 819 g/mol. The van der Waals surface area contributed by atoms with Crippen molar-refractivity contribution < 1.29 is 49.4 Å². The third-order valence-corrected chi connectivity index (χ3v) is 15.5. The molecule has 0 saturated heterocycles. The first kappa shape index (κ1) is 40.1. The number of carboxylic acids is 1. The maximum absolute atomic E-state index is 17.8. The fourth-order valence-corrected chi connectivity index (χ4v) is 12.7. The van der Waals surface area contributed by atoms with Gasteiger partial charge in [-0.25, -0.2) is 26.6 Å². The average molecular weight is 859 g/mol. The summed E-state index contributed by atoms with van der Waals surface area (Å²) in [6.45, 7) is 9.99. The van der Waals surface area contributed by atoms with Crippen molar-refractivity contribution in [2.24, 2.45) is 0 Å². The normalized spacial score (nSPS) is 18.4. The van der Waals surface area contributed by atoms with Crippen LogP contribution in [0.2, 0.25) is 0 Å². The number of thioether (sulfide) groups is 2. The monoisotopic (exact) mass is 858 g/mol. The van der Waals surface area contributed by atoms with Gasteiger partial charge in [0.15, 0.2) is 11.4 Å². The number of carbonyl (C=O) groups is 1. The highest BCUT2D eigenvalue weighted by Crippen LogP contribution is 2.52. The van der Waals surface area contributed by atoms with Gasteiger partial charge in [0, 0.05) is 77.1 Å². The van der Waals surface area contributed by atoms with Gasteiger partial charge in [-0.15, -0.1) is 23.5 Å². The highest BCUT2D eigenvalue weighted by atomic mass is 32.2. The molecule has 0 fully saturated rings. The Bertz CT molecular complexity index is 2740. The number of benzene rings is 3. The Kier molecular flexibility index (Phi) is 9.79. The van der Waals surface area contributed by atoms with Gasteiger partial charge in [0.05, 0.1) is 42.5 Å². The summed E-state index contributed by atoms with van der Waals surface area (Å²) < 4.78 is 112. The van der Waals surface area contributed by atoms with Gasteiger partial charge in [0.25, 0.3) is 10.1 Å². The van der Waals surface area contributed by atoms with E-state index >= 15 is 8.78 Å². The van der Waals surface area contributed by atoms with Gasteiger partial charge in [0.2, 0.25) is 5.36 Å². The zero-order valence-electron chi connectivity index (χ0n) is 31.6. The van der Waals surface area contributed by atoms with Gasteiger partial charge in [-0.3, -0.25) is 4.55 Å². The van der Waals surface area contributed by atoms with Crippen LogP contribution < -0.4 is 24.8 Å². The van der Waals surface area contributed by atoms with Crippen LogP contribution in [-0.4, -0.2) is 84.2 Å². The fraction of sp³-hybridized carbons (Fsp3) is 0.400. The minimum atomic E-state index is -4.79. The molecule has 5 heterocycles. The van der Waals surface area contributed by atoms with Crippen LogP contribution in [0.25, 0.3) is 17.7 Å². The highest BCUT2D eigenvalue weighted by Gasteiger charge is 2.42. The third-order valence-electron chi connectivity index (χ3n) is 11.3. The van der Waals surface area contributed by atoms with E-state index in [1.165, 1.54) is 0 Å². The second kappa shape index (κ2) is 13.9. The molecule has 302 valence electrons. The number of halogens is 2. The molecule has 3 aromatic rings. The Morgan fingerprint density at radius 3 is 2.28 bits per heavy atom. The van der Waals surface area contributed by atoms with Crippen molar-refractivity contribution in [3.05, 3.63) is 85.4 Å². The van der Waals surface area contributed by atoms with Gasteiger partial charge in [0.1, 0.15) is 29.4 Å². The lowest BCUT2D eigenvalue weighted by atomic mass is 9.80. The van der Waals surface area contributed by atoms with Crippen molar-refractivity contribution in [2.45, 2.75) is 74.2 Å². The second-order valence-electron chi connectivity index (χ2n) is 15.9. The van der Waals surface area contributed by atoms with E-state index in [4.69, 9.17) is 4.74 Å². The molecule has 0 aromatic heterocycles. The SMILES string of the molecule is CC1(C)C=Cc2cc3c(c4c2N1CCC4)Oc1c2c4c(cc1=C3c1c(F)c(SCCS(=O)(=O)[O-])c(SCCS(=O)(=O)O)c(F)c1C(=O)O)C=CC(C)(C)[N+]=4CCC2. The van der Waals surface area contributed by atoms with Crippen LogP contribution >= 0.6 is 23.5 Å². The van der Waals surface area contributed by atoms with E-state index in [-0.39, 0.29) is 16.7 Å². The Morgan fingerprint density at radius 2 is 1.60 bits per heavy atom. The van der Waals surface area contributed by atoms with Crippen molar-refractivity contribution in [3.63, 3.8) is 0 Å². The average Bonchev–Trinajstić information content (AvgIpc) is 3.12. The summed E-state index contributed by atoms with van der Waals surface area (Å²) in [6, 6.07) is 3.64. The standard InChI is InChI=1S/C40H40F2N2O9S4/c1-39(2)11-9-21-19-25-27(28-29(38(45)46)31(42)37(55-16-18-57(50,51)52)36(30(28)41)54-15-17-56(47,48)49)26-20-22-10-12-40(3,4)44-14-6-8-24(33(22)44)35(26)53-34(25)23-7-5-13-43(39)32(21)23/h9-12,19-20H,5-8,13-18H2,1-4H3,(H2-,45,46,47,48,49,50,51,52). The number of ether oxygens (including phenoxy) is 1. The molecule has 0 atom stereocenters. The number of rotatable bonds is 10. The van der Waals surface area contributed by atoms with Gasteiger partial charge < -0.3 is 19.3 Å². The summed E-state index contributed by atoms with van der Waals surface area (Å²) in [5.41, 5.74) is 2.44. The number of fused-ring (bicyclic) bond motifs is 4. The zero-order chi connectivity index (χ0) is 41.0. The number of carboxylic acid groups (broad SMARTS) is 1. The van der Waals surface area contributed by atoms with E-state index in [1.807, 2.05) is 24.3 Å². The first-order chi connectivity index (χ1) is 26.7. The van der Waals surface area contributed by atoms with Crippen LogP contribution in [0, 0.1) is 11.6 Å². The highest BCUT2D eigenvalue weighted by molar-refractivity contribution is 8.03. The maximum atomic E-state index is 17.8. The maximum Gasteiger partial charge on any atom is 0.339 e. The predicted octanol–water partition coefficient (Wildman–Crippen LogP) is 5.43. The number of aromatic carboxylic acids is 1. The zero-order valence-corrected chi connectivity index (χ0v) is 34.8. The Balaban J connectivity index is 1.51. The van der Waals surface area contributed by atoms with Gasteiger partial charge in [-0.05, 0) is 63.0 Å². The second-order valence-corrected chi connectivity index (χ2v) is 21.2. The molecule has 0 spiro atoms. The molecule has 57 heavy (non-hydrogen) atoms. The smallest absolute Gasteiger partial charge is 0.339 e. The van der Waals surface area contributed by atoms with Crippen molar-refractivity contribution in [1.29, 1.82) is 0 Å². The number of hydrogen-bond donors (Lipinski definition) is 2. The van der Waals surface area contributed by atoms with Crippen LogP contribution in [0.15, 0.2) is 34.1 Å². The molecule has 5 aliphatic rings. The molecule has 8 rings (SSSR count). The summed E-state index contributed by atoms with van der Waals surface area (Å²) in [5.74, 6) is -6.30. The summed E-state index contributed by atoms with van der Waals surface area (Å²) in [4.78, 5) is 14.5. The fourth-order valence-electron chi connectivity index (χ4n) is 8.75. The number of nitrogens with zero attached hydrogens (tertiary/aromatic N) is 2. The Hall–Kier alpha value is -3.74. The van der Waals surface area contributed by atoms with Gasteiger partial charge in [-0.1, -0.05) is 12.2 Å². The van der Waals surface area contributed by atoms with E-state index in [2.05, 4.69) is 49.3 Å². The molecule has 0 amide bonds. The van der Waals surface area contributed by atoms with E-state index in [1.54, 1.807) is 0 Å². The van der Waals surface area contributed by atoms with Crippen LogP contribution in [0.3, 0.4) is 0 Å². The molecular formula is C40H40F2N2O9S4. The first-order valence-electron chi connectivity index (χ1n) is 18.5. The van der Waals surface area contributed by atoms with E-state index in [0.29, 0.717) is 58.6 Å². The number of hydrogen-bond acceptors (Lipinski definition) is 10. The Morgan fingerprint density at radius 1 is 0.930 bits per heavy atom. The van der Waals surface area contributed by atoms with Crippen LogP contribution in [-0.2, 0) is 33.1 Å². The molecule has 11 nitrogen and oxygen atoms in total. The largest absolute Gasteiger partial charge is 0.748 e. The quantitative estimate of drug-likeness (QED) is 0.118. The van der Waals surface area contributed by atoms with Crippen LogP contribution in [0.1, 0.15) is 84.3 Å². The lowest BCUT2D eigenvalue weighted by molar-refractivity contribution is 0.0689. The molecule has 0 bridgehead atoms. The van der Waals surface area contributed by atoms with E-state index in [0.717, 1.165) is 59.2 Å². The van der Waals surface area contributed by atoms with Crippen molar-refractivity contribution in [1.82, 2.24) is 4.58 Å². The van der Waals surface area contributed by atoms with Crippen LogP contribution in [0.5, 0.6) is 11.5 Å². The minimum Gasteiger partial charge on any atom is -0.748 e. The summed E-state index contributed by atoms with van der Waals surface area (Å²) in [6.07, 6.45) is 10.8. The third kappa shape index (κ3) is 6.91. The van der Waals surface area contributed by atoms with Crippen molar-refractivity contribution in [2.75, 3.05) is 41.0 Å². The first-order valence-corrected chi connectivity index (χ1v) is 23.7. The van der Waals surface area contributed by atoms with Crippen LogP contribution in [0.4, 0.5) is 14.5 Å². The molecule has 5 aliphatic heterocycles. The molecule has 0 radical (unpaired) electrons. The molecule has 0 unspecified atom stereocenters. The molecule has 0 aliphatic carbocycles. The minimum absolute atomic E-state index is 0.0802. The topological polar surface area (TPSA) is 164 Å². The summed E-state index contributed by atoms with van der Waals surface area (Å²) in [7, 11) is -9.33. The summed E-state index contributed by atoms with van der Waals surface area (Å²) in [5, 5.41) is 12.1. The van der Waals surface area contributed by atoms with Gasteiger partial charge in [-0.2, -0.15) is 8.42 Å². The van der Waals surface area contributed by atoms with Crippen molar-refractivity contribution >= 4 is 73.1 Å². The molecule has 17 heteroatoms. The van der Waals surface area contributed by atoms with E-state index in [9.17, 15) is 35.8 Å². The number of anilines is 1. The molecule has 2 N–H and O–H groups in total. The molecule has 3 aromatic carbocycles.